The fraction of sp³-hybridized carbons (Fsp3) is 0.0909. The maximum atomic E-state index is 11.7. The standard InChI is InChI=1S/C11H10N2O4/c1-17-8-4-2-7(3-5-8)13-10(14)9(6-12-13)11(15)16/h2-6,12H,1H3,(H,15,16). The number of rotatable bonds is 3. The molecule has 0 saturated carbocycles. The topological polar surface area (TPSA) is 84.3 Å². The Morgan fingerprint density at radius 3 is 2.47 bits per heavy atom. The van der Waals surface area contributed by atoms with Gasteiger partial charge in [-0.25, -0.2) is 9.48 Å². The Hall–Kier alpha value is -2.50. The van der Waals surface area contributed by atoms with Gasteiger partial charge in [0.1, 0.15) is 11.3 Å². The molecule has 0 radical (unpaired) electrons. The highest BCUT2D eigenvalue weighted by atomic mass is 16.5. The highest BCUT2D eigenvalue weighted by Crippen LogP contribution is 2.13. The summed E-state index contributed by atoms with van der Waals surface area (Å²) in [6.45, 7) is 0. The van der Waals surface area contributed by atoms with Gasteiger partial charge < -0.3 is 9.84 Å². The molecule has 0 aliphatic heterocycles. The number of hydrogen-bond donors (Lipinski definition) is 2. The lowest BCUT2D eigenvalue weighted by molar-refractivity contribution is 0.0695. The Morgan fingerprint density at radius 2 is 2.00 bits per heavy atom. The van der Waals surface area contributed by atoms with E-state index >= 15 is 0 Å². The van der Waals surface area contributed by atoms with Gasteiger partial charge in [0.05, 0.1) is 12.8 Å². The molecule has 6 nitrogen and oxygen atoms in total. The molecule has 17 heavy (non-hydrogen) atoms. The van der Waals surface area contributed by atoms with Crippen molar-refractivity contribution < 1.29 is 14.6 Å². The minimum absolute atomic E-state index is 0.291. The second-order valence-corrected chi connectivity index (χ2v) is 3.33. The van der Waals surface area contributed by atoms with E-state index in [2.05, 4.69) is 5.10 Å². The predicted molar refractivity (Wildman–Crippen MR) is 59.9 cm³/mol. The van der Waals surface area contributed by atoms with E-state index in [1.54, 1.807) is 31.4 Å². The molecule has 0 bridgehead atoms. The van der Waals surface area contributed by atoms with Crippen molar-refractivity contribution in [3.63, 3.8) is 0 Å². The highest BCUT2D eigenvalue weighted by Gasteiger charge is 2.13. The van der Waals surface area contributed by atoms with Crippen molar-refractivity contribution in [2.45, 2.75) is 0 Å². The second kappa shape index (κ2) is 4.17. The molecule has 1 aromatic carbocycles. The molecule has 1 heterocycles. The van der Waals surface area contributed by atoms with Crippen LogP contribution in [0.25, 0.3) is 5.69 Å². The van der Waals surface area contributed by atoms with Gasteiger partial charge in [-0.2, -0.15) is 0 Å². The molecule has 0 amide bonds. The molecule has 0 fully saturated rings. The van der Waals surface area contributed by atoms with E-state index in [0.29, 0.717) is 11.4 Å². The van der Waals surface area contributed by atoms with Crippen LogP contribution in [0, 0.1) is 0 Å². The molecule has 0 unspecified atom stereocenters. The number of methoxy groups -OCH3 is 1. The Balaban J connectivity index is 2.46. The minimum atomic E-state index is -1.25. The molecular formula is C11H10N2O4. The molecule has 2 N–H and O–H groups in total. The van der Waals surface area contributed by atoms with E-state index in [1.807, 2.05) is 0 Å². The maximum absolute atomic E-state index is 11.7. The lowest BCUT2D eigenvalue weighted by Gasteiger charge is -2.02. The van der Waals surface area contributed by atoms with Crippen molar-refractivity contribution in [1.29, 1.82) is 0 Å². The third kappa shape index (κ3) is 1.92. The van der Waals surface area contributed by atoms with E-state index in [4.69, 9.17) is 9.84 Å². The number of carboxylic acid groups (broad SMARTS) is 1. The van der Waals surface area contributed by atoms with Crippen LogP contribution in [0.2, 0.25) is 0 Å². The van der Waals surface area contributed by atoms with Crippen molar-refractivity contribution in [2.75, 3.05) is 7.11 Å². The van der Waals surface area contributed by atoms with E-state index in [1.165, 1.54) is 0 Å². The summed E-state index contributed by atoms with van der Waals surface area (Å²) in [4.78, 5) is 22.4. The minimum Gasteiger partial charge on any atom is -0.497 e. The molecule has 0 spiro atoms. The summed E-state index contributed by atoms with van der Waals surface area (Å²) < 4.78 is 6.14. The molecule has 1 aromatic heterocycles. The van der Waals surface area contributed by atoms with Crippen molar-refractivity contribution in [3.8, 4) is 11.4 Å². The summed E-state index contributed by atoms with van der Waals surface area (Å²) in [6.07, 6.45) is 1.16. The van der Waals surface area contributed by atoms with Crippen LogP contribution >= 0.6 is 0 Å². The first-order valence-corrected chi connectivity index (χ1v) is 4.81. The van der Waals surface area contributed by atoms with Crippen LogP contribution < -0.4 is 10.3 Å². The van der Waals surface area contributed by atoms with Crippen LogP contribution in [-0.2, 0) is 0 Å². The van der Waals surface area contributed by atoms with Crippen LogP contribution in [0.5, 0.6) is 5.75 Å². The lowest BCUT2D eigenvalue weighted by Crippen LogP contribution is -2.19. The number of nitrogens with zero attached hydrogens (tertiary/aromatic N) is 1. The number of benzene rings is 1. The molecule has 0 aliphatic rings. The quantitative estimate of drug-likeness (QED) is 0.825. The van der Waals surface area contributed by atoms with E-state index < -0.39 is 11.5 Å². The van der Waals surface area contributed by atoms with E-state index in [9.17, 15) is 9.59 Å². The van der Waals surface area contributed by atoms with Gasteiger partial charge in [-0.3, -0.25) is 9.89 Å². The molecule has 0 atom stereocenters. The number of hydrogen-bond acceptors (Lipinski definition) is 3. The average Bonchev–Trinajstić information content (AvgIpc) is 2.71. The first-order valence-electron chi connectivity index (χ1n) is 4.81. The first-order chi connectivity index (χ1) is 8.13. The molecule has 2 rings (SSSR count). The van der Waals surface area contributed by atoms with Gasteiger partial charge in [-0.1, -0.05) is 0 Å². The summed E-state index contributed by atoms with van der Waals surface area (Å²) in [7, 11) is 1.54. The number of ether oxygens (including phenoxy) is 1. The second-order valence-electron chi connectivity index (χ2n) is 3.33. The lowest BCUT2D eigenvalue weighted by atomic mass is 10.3. The zero-order chi connectivity index (χ0) is 12.4. The van der Waals surface area contributed by atoms with Crippen molar-refractivity contribution in [1.82, 2.24) is 9.78 Å². The Morgan fingerprint density at radius 1 is 1.35 bits per heavy atom. The fourth-order valence-corrected chi connectivity index (χ4v) is 1.45. The molecule has 88 valence electrons. The highest BCUT2D eigenvalue weighted by molar-refractivity contribution is 5.86. The SMILES string of the molecule is COc1ccc(-n2[nH]cc(C(=O)O)c2=O)cc1. The molecule has 6 heteroatoms. The van der Waals surface area contributed by atoms with E-state index in [0.717, 1.165) is 10.9 Å². The normalized spacial score (nSPS) is 10.2. The van der Waals surface area contributed by atoms with Gasteiger partial charge in [0.2, 0.25) is 0 Å². The summed E-state index contributed by atoms with van der Waals surface area (Å²) in [5.74, 6) is -0.592. The molecule has 0 saturated heterocycles. The van der Waals surface area contributed by atoms with Gasteiger partial charge in [0.25, 0.3) is 5.56 Å². The first kappa shape index (κ1) is 11.0. The van der Waals surface area contributed by atoms with Gasteiger partial charge in [-0.05, 0) is 24.3 Å². The zero-order valence-corrected chi connectivity index (χ0v) is 9.01. The van der Waals surface area contributed by atoms with Crippen molar-refractivity contribution in [3.05, 3.63) is 46.4 Å². The summed E-state index contributed by atoms with van der Waals surface area (Å²) in [5, 5.41) is 11.3. The number of carbonyl (C=O) groups is 1. The number of aromatic nitrogens is 2. The number of H-pyrrole nitrogens is 1. The monoisotopic (exact) mass is 234 g/mol. The van der Waals surface area contributed by atoms with Gasteiger partial charge in [-0.15, -0.1) is 0 Å². The Kier molecular flexibility index (Phi) is 2.70. The predicted octanol–water partition coefficient (Wildman–Crippen LogP) is 0.872. The van der Waals surface area contributed by atoms with Crippen molar-refractivity contribution >= 4 is 5.97 Å². The Bertz CT molecular complexity index is 595. The van der Waals surface area contributed by atoms with Crippen LogP contribution in [0.15, 0.2) is 35.3 Å². The largest absolute Gasteiger partial charge is 0.497 e. The summed E-state index contributed by atoms with van der Waals surface area (Å²) in [6, 6.07) is 6.68. The van der Waals surface area contributed by atoms with Gasteiger partial charge in [0, 0.05) is 6.20 Å². The molecular weight excluding hydrogens is 224 g/mol. The van der Waals surface area contributed by atoms with E-state index in [-0.39, 0.29) is 5.56 Å². The summed E-state index contributed by atoms with van der Waals surface area (Å²) in [5.41, 5.74) is -0.341. The van der Waals surface area contributed by atoms with Crippen LogP contribution in [0.1, 0.15) is 10.4 Å². The van der Waals surface area contributed by atoms with Crippen LogP contribution in [-0.4, -0.2) is 28.0 Å². The van der Waals surface area contributed by atoms with Gasteiger partial charge in [0.15, 0.2) is 0 Å². The number of nitrogens with one attached hydrogen (secondary N) is 1. The van der Waals surface area contributed by atoms with Crippen molar-refractivity contribution in [2.24, 2.45) is 0 Å². The van der Waals surface area contributed by atoms with Gasteiger partial charge >= 0.3 is 5.97 Å². The number of aromatic carboxylic acids is 1. The smallest absolute Gasteiger partial charge is 0.342 e. The fourth-order valence-electron chi connectivity index (χ4n) is 1.45. The van der Waals surface area contributed by atoms with Crippen LogP contribution in [0.3, 0.4) is 0 Å². The average molecular weight is 234 g/mol. The zero-order valence-electron chi connectivity index (χ0n) is 9.01. The Labute approximate surface area is 96.1 Å². The summed E-state index contributed by atoms with van der Waals surface area (Å²) >= 11 is 0. The number of aromatic amines is 1. The third-order valence-corrected chi connectivity index (χ3v) is 2.33. The van der Waals surface area contributed by atoms with Crippen LogP contribution in [0.4, 0.5) is 0 Å². The molecule has 2 aromatic rings. The maximum Gasteiger partial charge on any atom is 0.342 e. The third-order valence-electron chi connectivity index (χ3n) is 2.33. The number of carboxylic acids is 1. The molecule has 0 aliphatic carbocycles.